The molecule has 0 radical (unpaired) electrons. The van der Waals surface area contributed by atoms with Crippen LogP contribution in [0.2, 0.25) is 0 Å². The second-order valence-corrected chi connectivity index (χ2v) is 7.55. The van der Waals surface area contributed by atoms with Gasteiger partial charge in [0.1, 0.15) is 5.69 Å². The molecule has 31 heavy (non-hydrogen) atoms. The van der Waals surface area contributed by atoms with Crippen LogP contribution in [0.1, 0.15) is 48.3 Å². The molecule has 2 atom stereocenters. The van der Waals surface area contributed by atoms with E-state index in [0.29, 0.717) is 29.8 Å². The zero-order valence-electron chi connectivity index (χ0n) is 18.2. The number of aryl methyl sites for hydroxylation is 2. The van der Waals surface area contributed by atoms with Gasteiger partial charge in [-0.25, -0.2) is 9.78 Å². The van der Waals surface area contributed by atoms with Crippen LogP contribution in [0, 0.1) is 6.92 Å². The first-order valence-corrected chi connectivity index (χ1v) is 10.4. The van der Waals surface area contributed by atoms with Crippen LogP contribution < -0.4 is 10.9 Å². The van der Waals surface area contributed by atoms with Crippen molar-refractivity contribution in [3.05, 3.63) is 75.7 Å². The normalized spacial score (nSPS) is 12.9. The lowest BCUT2D eigenvalue weighted by atomic mass is 10.0. The van der Waals surface area contributed by atoms with Gasteiger partial charge in [-0.3, -0.25) is 9.59 Å². The second-order valence-electron chi connectivity index (χ2n) is 7.55. The maximum Gasteiger partial charge on any atom is 0.338 e. The van der Waals surface area contributed by atoms with E-state index < -0.39 is 12.1 Å². The highest BCUT2D eigenvalue weighted by Gasteiger charge is 2.20. The SMILES string of the molecule is CCn1c(=O)c(C)nc2cc(C(=O)O[C@H](C)C(=O)NC[C@@H](C)c3ccccc3)ccc21. The molecular weight excluding hydrogens is 394 g/mol. The van der Waals surface area contributed by atoms with Gasteiger partial charge in [-0.05, 0) is 50.5 Å². The first-order chi connectivity index (χ1) is 14.8. The molecule has 0 saturated heterocycles. The van der Waals surface area contributed by atoms with Crippen molar-refractivity contribution < 1.29 is 14.3 Å². The topological polar surface area (TPSA) is 90.3 Å². The fourth-order valence-electron chi connectivity index (χ4n) is 3.39. The van der Waals surface area contributed by atoms with Crippen LogP contribution in [0.5, 0.6) is 0 Å². The number of rotatable bonds is 7. The molecular formula is C24H27N3O4. The zero-order valence-corrected chi connectivity index (χ0v) is 18.2. The monoisotopic (exact) mass is 421 g/mol. The van der Waals surface area contributed by atoms with Crippen molar-refractivity contribution in [2.24, 2.45) is 0 Å². The average molecular weight is 421 g/mol. The van der Waals surface area contributed by atoms with E-state index in [1.807, 2.05) is 44.2 Å². The Hall–Kier alpha value is -3.48. The van der Waals surface area contributed by atoms with E-state index in [2.05, 4.69) is 10.3 Å². The Labute approximate surface area is 181 Å². The molecule has 1 heterocycles. The summed E-state index contributed by atoms with van der Waals surface area (Å²) in [7, 11) is 0. The first-order valence-electron chi connectivity index (χ1n) is 10.4. The molecule has 7 heteroatoms. The number of aromatic nitrogens is 2. The van der Waals surface area contributed by atoms with Crippen molar-refractivity contribution >= 4 is 22.9 Å². The number of benzene rings is 2. The predicted octanol–water partition coefficient (Wildman–Crippen LogP) is 3.19. The lowest BCUT2D eigenvalue weighted by Gasteiger charge is -2.17. The Morgan fingerprint density at radius 1 is 1.13 bits per heavy atom. The molecule has 0 spiro atoms. The molecule has 2 aromatic carbocycles. The van der Waals surface area contributed by atoms with Gasteiger partial charge in [0.2, 0.25) is 0 Å². The standard InChI is InChI=1S/C24H27N3O4/c1-5-27-21-12-11-19(13-20(21)26-16(3)23(27)29)24(30)31-17(4)22(28)25-14-15(2)18-9-7-6-8-10-18/h6-13,15,17H,5,14H2,1-4H3,(H,25,28)/t15-,17-/m1/s1. The highest BCUT2D eigenvalue weighted by molar-refractivity contribution is 5.95. The summed E-state index contributed by atoms with van der Waals surface area (Å²) in [6.07, 6.45) is -0.939. The summed E-state index contributed by atoms with van der Waals surface area (Å²) < 4.78 is 6.96. The Bertz CT molecular complexity index is 1150. The van der Waals surface area contributed by atoms with Crippen LogP contribution in [0.25, 0.3) is 11.0 Å². The molecule has 0 aliphatic rings. The van der Waals surface area contributed by atoms with E-state index in [9.17, 15) is 14.4 Å². The second kappa shape index (κ2) is 9.55. The number of carbonyl (C=O) groups is 2. The van der Waals surface area contributed by atoms with Crippen LogP contribution in [0.15, 0.2) is 53.3 Å². The van der Waals surface area contributed by atoms with Crippen LogP contribution >= 0.6 is 0 Å². The number of ether oxygens (including phenoxy) is 1. The van der Waals surface area contributed by atoms with Crippen molar-refractivity contribution in [1.29, 1.82) is 0 Å². The third-order valence-electron chi connectivity index (χ3n) is 5.27. The molecule has 7 nitrogen and oxygen atoms in total. The van der Waals surface area contributed by atoms with Gasteiger partial charge in [0, 0.05) is 13.1 Å². The van der Waals surface area contributed by atoms with E-state index in [1.165, 1.54) is 0 Å². The van der Waals surface area contributed by atoms with Gasteiger partial charge in [-0.1, -0.05) is 37.3 Å². The molecule has 0 saturated carbocycles. The number of hydrogen-bond acceptors (Lipinski definition) is 5. The maximum absolute atomic E-state index is 12.6. The van der Waals surface area contributed by atoms with Crippen LogP contribution in [0.3, 0.4) is 0 Å². The highest BCUT2D eigenvalue weighted by atomic mass is 16.5. The van der Waals surface area contributed by atoms with Crippen molar-refractivity contribution in [2.45, 2.75) is 46.3 Å². The first kappa shape index (κ1) is 22.2. The Morgan fingerprint density at radius 2 is 1.84 bits per heavy atom. The summed E-state index contributed by atoms with van der Waals surface area (Å²) in [5.74, 6) is -0.834. The Morgan fingerprint density at radius 3 is 2.52 bits per heavy atom. The summed E-state index contributed by atoms with van der Waals surface area (Å²) in [5.41, 5.74) is 2.79. The van der Waals surface area contributed by atoms with Gasteiger partial charge in [-0.15, -0.1) is 0 Å². The molecule has 0 fully saturated rings. The lowest BCUT2D eigenvalue weighted by Crippen LogP contribution is -2.37. The van der Waals surface area contributed by atoms with E-state index in [-0.39, 0.29) is 22.9 Å². The molecule has 3 aromatic rings. The van der Waals surface area contributed by atoms with Gasteiger partial charge in [0.25, 0.3) is 11.5 Å². The number of nitrogens with zero attached hydrogens (tertiary/aromatic N) is 2. The molecule has 162 valence electrons. The van der Waals surface area contributed by atoms with Gasteiger partial charge in [-0.2, -0.15) is 0 Å². The highest BCUT2D eigenvalue weighted by Crippen LogP contribution is 2.16. The molecule has 1 amide bonds. The largest absolute Gasteiger partial charge is 0.449 e. The third kappa shape index (κ3) is 4.99. The van der Waals surface area contributed by atoms with Crippen LogP contribution in [-0.2, 0) is 16.1 Å². The van der Waals surface area contributed by atoms with Crippen molar-refractivity contribution in [2.75, 3.05) is 6.54 Å². The van der Waals surface area contributed by atoms with Crippen molar-refractivity contribution in [3.63, 3.8) is 0 Å². The zero-order chi connectivity index (χ0) is 22.5. The van der Waals surface area contributed by atoms with Gasteiger partial charge in [0.05, 0.1) is 16.6 Å². The quantitative estimate of drug-likeness (QED) is 0.592. The minimum Gasteiger partial charge on any atom is -0.449 e. The van der Waals surface area contributed by atoms with Gasteiger partial charge >= 0.3 is 5.97 Å². The number of esters is 1. The van der Waals surface area contributed by atoms with Gasteiger partial charge in [0.15, 0.2) is 6.10 Å². The molecule has 1 N–H and O–H groups in total. The van der Waals surface area contributed by atoms with E-state index in [4.69, 9.17) is 4.74 Å². The summed E-state index contributed by atoms with van der Waals surface area (Å²) in [4.78, 5) is 41.5. The Kier molecular flexibility index (Phi) is 6.84. The van der Waals surface area contributed by atoms with E-state index >= 15 is 0 Å². The van der Waals surface area contributed by atoms with Crippen LogP contribution in [-0.4, -0.2) is 34.1 Å². The summed E-state index contributed by atoms with van der Waals surface area (Å²) >= 11 is 0. The minimum atomic E-state index is -0.939. The third-order valence-corrected chi connectivity index (χ3v) is 5.27. The molecule has 0 aliphatic carbocycles. The van der Waals surface area contributed by atoms with E-state index in [0.717, 1.165) is 5.56 Å². The number of amides is 1. The number of nitrogens with one attached hydrogen (secondary N) is 1. The molecule has 1 aromatic heterocycles. The molecule has 0 aliphatic heterocycles. The van der Waals surface area contributed by atoms with Crippen LogP contribution in [0.4, 0.5) is 0 Å². The number of fused-ring (bicyclic) bond motifs is 1. The minimum absolute atomic E-state index is 0.138. The summed E-state index contributed by atoms with van der Waals surface area (Å²) in [5, 5.41) is 2.83. The number of hydrogen-bond donors (Lipinski definition) is 1. The smallest absolute Gasteiger partial charge is 0.338 e. The number of carbonyl (C=O) groups excluding carboxylic acids is 2. The fraction of sp³-hybridized carbons (Fsp3) is 0.333. The fourth-order valence-corrected chi connectivity index (χ4v) is 3.39. The van der Waals surface area contributed by atoms with E-state index in [1.54, 1.807) is 36.6 Å². The molecule has 0 bridgehead atoms. The summed E-state index contributed by atoms with van der Waals surface area (Å²) in [6.45, 7) is 8.02. The molecule has 3 rings (SSSR count). The van der Waals surface area contributed by atoms with Gasteiger partial charge < -0.3 is 14.6 Å². The lowest BCUT2D eigenvalue weighted by molar-refractivity contribution is -0.129. The maximum atomic E-state index is 12.6. The average Bonchev–Trinajstić information content (AvgIpc) is 2.78. The summed E-state index contributed by atoms with van der Waals surface area (Å²) in [6, 6.07) is 14.7. The van der Waals surface area contributed by atoms with Crippen molar-refractivity contribution in [3.8, 4) is 0 Å². The van der Waals surface area contributed by atoms with Crippen molar-refractivity contribution in [1.82, 2.24) is 14.9 Å². The molecule has 0 unspecified atom stereocenters. The Balaban J connectivity index is 1.66. The predicted molar refractivity (Wildman–Crippen MR) is 119 cm³/mol.